The van der Waals surface area contributed by atoms with Crippen molar-refractivity contribution in [2.45, 2.75) is 19.4 Å². The number of nitrogens with zero attached hydrogens (tertiary/aromatic N) is 5. The molecule has 0 aliphatic carbocycles. The van der Waals surface area contributed by atoms with Crippen LogP contribution in [0, 0.1) is 0 Å². The third-order valence-corrected chi connectivity index (χ3v) is 5.01. The molecule has 0 atom stereocenters. The Morgan fingerprint density at radius 1 is 1.18 bits per heavy atom. The molecule has 1 amide bonds. The highest BCUT2D eigenvalue weighted by molar-refractivity contribution is 7.09. The first-order valence-corrected chi connectivity index (χ1v) is 8.60. The van der Waals surface area contributed by atoms with Gasteiger partial charge in [-0.1, -0.05) is 0 Å². The molecular formula is C14H23N5O2S. The maximum atomic E-state index is 12.2. The van der Waals surface area contributed by atoms with Gasteiger partial charge < -0.3 is 14.5 Å². The number of ether oxygens (including phenoxy) is 1. The highest BCUT2D eigenvalue weighted by atomic mass is 32.1. The molecule has 0 spiro atoms. The third-order valence-electron chi connectivity index (χ3n) is 4.19. The molecule has 2 fully saturated rings. The summed E-state index contributed by atoms with van der Waals surface area (Å²) in [6, 6.07) is 0. The Bertz CT molecular complexity index is 495. The average molecular weight is 325 g/mol. The molecule has 22 heavy (non-hydrogen) atoms. The van der Waals surface area contributed by atoms with E-state index in [0.29, 0.717) is 13.2 Å². The van der Waals surface area contributed by atoms with Gasteiger partial charge in [-0.15, -0.1) is 0 Å². The van der Waals surface area contributed by atoms with Crippen molar-refractivity contribution < 1.29 is 9.53 Å². The lowest BCUT2D eigenvalue weighted by atomic mass is 10.3. The lowest BCUT2D eigenvalue weighted by Crippen LogP contribution is -2.49. The van der Waals surface area contributed by atoms with E-state index >= 15 is 0 Å². The summed E-state index contributed by atoms with van der Waals surface area (Å²) in [5, 5.41) is 0.956. The number of hydrogen-bond acceptors (Lipinski definition) is 7. The van der Waals surface area contributed by atoms with Crippen LogP contribution >= 0.6 is 11.5 Å². The molecule has 3 rings (SSSR count). The van der Waals surface area contributed by atoms with E-state index in [1.165, 1.54) is 11.5 Å². The monoisotopic (exact) mass is 325 g/mol. The lowest BCUT2D eigenvalue weighted by molar-refractivity contribution is -0.131. The highest BCUT2D eigenvalue weighted by Crippen LogP contribution is 2.19. The summed E-state index contributed by atoms with van der Waals surface area (Å²) in [5.41, 5.74) is 0. The number of rotatable bonds is 5. The quantitative estimate of drug-likeness (QED) is 0.782. The number of carbonyl (C=O) groups is 1. The van der Waals surface area contributed by atoms with E-state index in [1.807, 2.05) is 4.90 Å². The SMILES string of the molecule is COCc1nsc(N2CCN(CC(=O)N3CCCC3)CC2)n1. The standard InChI is InChI=1S/C14H23N5O2S/c1-21-11-12-15-14(22-16-12)19-8-6-17(7-9-19)10-13(20)18-4-2-3-5-18/h2-11H2,1H3. The van der Waals surface area contributed by atoms with Crippen molar-refractivity contribution in [2.24, 2.45) is 0 Å². The molecular weight excluding hydrogens is 302 g/mol. The largest absolute Gasteiger partial charge is 0.377 e. The van der Waals surface area contributed by atoms with Crippen LogP contribution in [0.3, 0.4) is 0 Å². The van der Waals surface area contributed by atoms with E-state index in [-0.39, 0.29) is 5.91 Å². The summed E-state index contributed by atoms with van der Waals surface area (Å²) >= 11 is 1.42. The first kappa shape index (κ1) is 15.6. The summed E-state index contributed by atoms with van der Waals surface area (Å²) in [6.45, 7) is 6.48. The Kier molecular flexibility index (Phi) is 5.22. The molecule has 2 saturated heterocycles. The number of carbonyl (C=O) groups excluding carboxylic acids is 1. The second-order valence-corrected chi connectivity index (χ2v) is 6.51. The zero-order valence-electron chi connectivity index (χ0n) is 13.0. The fourth-order valence-corrected chi connectivity index (χ4v) is 3.64. The van der Waals surface area contributed by atoms with Gasteiger partial charge in [-0.2, -0.15) is 4.37 Å². The van der Waals surface area contributed by atoms with E-state index in [9.17, 15) is 4.79 Å². The van der Waals surface area contributed by atoms with Crippen LogP contribution in [0.25, 0.3) is 0 Å². The van der Waals surface area contributed by atoms with Crippen LogP contribution in [-0.2, 0) is 16.1 Å². The van der Waals surface area contributed by atoms with Gasteiger partial charge in [0.25, 0.3) is 0 Å². The number of methoxy groups -OCH3 is 1. The molecule has 1 aromatic rings. The molecule has 3 heterocycles. The van der Waals surface area contributed by atoms with Crippen molar-refractivity contribution in [1.29, 1.82) is 0 Å². The minimum atomic E-state index is 0.282. The molecule has 1 aromatic heterocycles. The molecule has 0 bridgehead atoms. The number of amides is 1. The Labute approximate surface area is 135 Å². The lowest BCUT2D eigenvalue weighted by Gasteiger charge is -2.34. The van der Waals surface area contributed by atoms with Crippen molar-refractivity contribution in [1.82, 2.24) is 19.2 Å². The molecule has 0 saturated carbocycles. The second-order valence-electron chi connectivity index (χ2n) is 5.78. The number of anilines is 1. The van der Waals surface area contributed by atoms with Crippen molar-refractivity contribution >= 4 is 22.6 Å². The number of aromatic nitrogens is 2. The summed E-state index contributed by atoms with van der Waals surface area (Å²) in [4.78, 5) is 23.1. The topological polar surface area (TPSA) is 61.8 Å². The number of piperazine rings is 1. The van der Waals surface area contributed by atoms with Gasteiger partial charge in [0, 0.05) is 57.9 Å². The Morgan fingerprint density at radius 3 is 2.59 bits per heavy atom. The van der Waals surface area contributed by atoms with Gasteiger partial charge in [0.15, 0.2) is 5.82 Å². The summed E-state index contributed by atoms with van der Waals surface area (Å²) < 4.78 is 9.34. The van der Waals surface area contributed by atoms with Crippen LogP contribution < -0.4 is 4.90 Å². The van der Waals surface area contributed by atoms with Crippen molar-refractivity contribution in [3.63, 3.8) is 0 Å². The van der Waals surface area contributed by atoms with E-state index in [4.69, 9.17) is 4.74 Å². The predicted octanol–water partition coefficient (Wildman–Crippen LogP) is 0.429. The van der Waals surface area contributed by atoms with Gasteiger partial charge in [0.2, 0.25) is 11.0 Å². The van der Waals surface area contributed by atoms with Crippen LogP contribution in [-0.4, -0.2) is 78.0 Å². The second kappa shape index (κ2) is 7.34. The van der Waals surface area contributed by atoms with Crippen molar-refractivity contribution in [2.75, 3.05) is 57.8 Å². The zero-order valence-corrected chi connectivity index (χ0v) is 13.8. The summed E-state index contributed by atoms with van der Waals surface area (Å²) in [7, 11) is 1.65. The van der Waals surface area contributed by atoms with Crippen LogP contribution in [0.1, 0.15) is 18.7 Å². The molecule has 2 aliphatic heterocycles. The van der Waals surface area contributed by atoms with Crippen molar-refractivity contribution in [3.8, 4) is 0 Å². The summed E-state index contributed by atoms with van der Waals surface area (Å²) in [6.07, 6.45) is 2.31. The van der Waals surface area contributed by atoms with E-state index in [1.54, 1.807) is 7.11 Å². The molecule has 0 aromatic carbocycles. The minimum Gasteiger partial charge on any atom is -0.377 e. The van der Waals surface area contributed by atoms with Gasteiger partial charge in [-0.3, -0.25) is 9.69 Å². The normalized spacial score (nSPS) is 19.9. The molecule has 0 radical (unpaired) electrons. The van der Waals surface area contributed by atoms with Gasteiger partial charge >= 0.3 is 0 Å². The molecule has 8 heteroatoms. The maximum absolute atomic E-state index is 12.2. The fraction of sp³-hybridized carbons (Fsp3) is 0.786. The number of hydrogen-bond donors (Lipinski definition) is 0. The average Bonchev–Trinajstić information content (AvgIpc) is 3.20. The van der Waals surface area contributed by atoms with Gasteiger partial charge in [0.05, 0.1) is 6.54 Å². The molecule has 7 nitrogen and oxygen atoms in total. The predicted molar refractivity (Wildman–Crippen MR) is 85.1 cm³/mol. The smallest absolute Gasteiger partial charge is 0.236 e. The first-order chi connectivity index (χ1) is 10.8. The van der Waals surface area contributed by atoms with Gasteiger partial charge in [0.1, 0.15) is 6.61 Å². The van der Waals surface area contributed by atoms with Crippen LogP contribution in [0.15, 0.2) is 0 Å². The fourth-order valence-electron chi connectivity index (χ4n) is 2.92. The minimum absolute atomic E-state index is 0.282. The van der Waals surface area contributed by atoms with Crippen molar-refractivity contribution in [3.05, 3.63) is 5.82 Å². The first-order valence-electron chi connectivity index (χ1n) is 7.83. The zero-order chi connectivity index (χ0) is 15.4. The van der Waals surface area contributed by atoms with Crippen LogP contribution in [0.4, 0.5) is 5.13 Å². The molecule has 2 aliphatic rings. The van der Waals surface area contributed by atoms with E-state index in [0.717, 1.165) is 63.1 Å². The molecule has 122 valence electrons. The summed E-state index contributed by atoms with van der Waals surface area (Å²) in [5.74, 6) is 1.03. The molecule has 0 unspecified atom stereocenters. The Balaban J connectivity index is 1.46. The van der Waals surface area contributed by atoms with Gasteiger partial charge in [-0.05, 0) is 12.8 Å². The van der Waals surface area contributed by atoms with E-state index in [2.05, 4.69) is 19.2 Å². The number of likely N-dealkylation sites (tertiary alicyclic amines) is 1. The Morgan fingerprint density at radius 2 is 1.91 bits per heavy atom. The maximum Gasteiger partial charge on any atom is 0.236 e. The third kappa shape index (κ3) is 3.74. The van der Waals surface area contributed by atoms with Gasteiger partial charge in [-0.25, -0.2) is 4.98 Å². The van der Waals surface area contributed by atoms with E-state index < -0.39 is 0 Å². The van der Waals surface area contributed by atoms with Crippen LogP contribution in [0.5, 0.6) is 0 Å². The Hall–Kier alpha value is -1.25. The van der Waals surface area contributed by atoms with Crippen LogP contribution in [0.2, 0.25) is 0 Å². The molecule has 0 N–H and O–H groups in total. The highest BCUT2D eigenvalue weighted by Gasteiger charge is 2.24.